The van der Waals surface area contributed by atoms with Crippen LogP contribution in [0.25, 0.3) is 10.2 Å². The van der Waals surface area contributed by atoms with E-state index in [2.05, 4.69) is 9.97 Å². The van der Waals surface area contributed by atoms with Gasteiger partial charge in [-0.15, -0.1) is 22.7 Å². The molecule has 124 valence electrons. The summed E-state index contributed by atoms with van der Waals surface area (Å²) in [6, 6.07) is 1.64. The van der Waals surface area contributed by atoms with Crippen LogP contribution in [0.4, 0.5) is 0 Å². The molecular weight excluding hydrogens is 403 g/mol. The first-order valence-corrected chi connectivity index (χ1v) is 10.9. The number of nitrogens with zero attached hydrogens (tertiary/aromatic N) is 2. The van der Waals surface area contributed by atoms with Crippen LogP contribution in [0, 0.1) is 0 Å². The minimum atomic E-state index is -0.0241. The molecule has 0 spiro atoms. The summed E-state index contributed by atoms with van der Waals surface area (Å²) in [6.07, 6.45) is 6.25. The van der Waals surface area contributed by atoms with Crippen molar-refractivity contribution in [3.8, 4) is 0 Å². The van der Waals surface area contributed by atoms with E-state index in [-0.39, 0.29) is 5.78 Å². The number of aryl methyl sites for hydroxylation is 2. The first kappa shape index (κ1) is 16.8. The Morgan fingerprint density at radius 3 is 2.83 bits per heavy atom. The zero-order chi connectivity index (χ0) is 16.7. The number of aromatic nitrogens is 2. The molecule has 0 aromatic carbocycles. The summed E-state index contributed by atoms with van der Waals surface area (Å²) in [4.78, 5) is 23.7. The zero-order valence-corrected chi connectivity index (χ0v) is 16.4. The summed E-state index contributed by atoms with van der Waals surface area (Å²) in [5.41, 5.74) is 1.88. The first-order valence-electron chi connectivity index (χ1n) is 7.49. The van der Waals surface area contributed by atoms with Gasteiger partial charge in [0, 0.05) is 15.8 Å². The van der Waals surface area contributed by atoms with Crippen molar-refractivity contribution in [2.45, 2.75) is 30.7 Å². The Bertz CT molecular complexity index is 935. The van der Waals surface area contributed by atoms with Gasteiger partial charge in [-0.1, -0.05) is 35.0 Å². The highest BCUT2D eigenvalue weighted by Gasteiger charge is 2.21. The largest absolute Gasteiger partial charge is 0.293 e. The van der Waals surface area contributed by atoms with Gasteiger partial charge in [0.1, 0.15) is 20.5 Å². The lowest BCUT2D eigenvalue weighted by molar-refractivity contribution is 0.102. The van der Waals surface area contributed by atoms with Crippen LogP contribution in [0.1, 0.15) is 33.6 Å². The third kappa shape index (κ3) is 3.10. The molecule has 0 radical (unpaired) electrons. The third-order valence-corrected chi connectivity index (χ3v) is 7.69. The summed E-state index contributed by atoms with van der Waals surface area (Å²) >= 11 is 16.4. The first-order chi connectivity index (χ1) is 11.6. The minimum absolute atomic E-state index is 0.0241. The summed E-state index contributed by atoms with van der Waals surface area (Å²) in [6.45, 7) is 0. The second-order valence-corrected chi connectivity index (χ2v) is 9.85. The molecule has 8 heteroatoms. The van der Waals surface area contributed by atoms with Crippen molar-refractivity contribution in [1.29, 1.82) is 0 Å². The summed E-state index contributed by atoms with van der Waals surface area (Å²) < 4.78 is 0.982. The van der Waals surface area contributed by atoms with Crippen LogP contribution >= 0.6 is 57.6 Å². The number of hydrogen-bond donors (Lipinski definition) is 0. The second kappa shape index (κ2) is 6.92. The molecule has 0 unspecified atom stereocenters. The SMILES string of the molecule is O=C(CSc1ncnc2sc3c(c12)CCCC3)c1cc(Cl)sc1Cl. The number of thiophene rings is 2. The molecule has 24 heavy (non-hydrogen) atoms. The molecule has 3 nitrogen and oxygen atoms in total. The van der Waals surface area contributed by atoms with E-state index in [4.69, 9.17) is 23.2 Å². The van der Waals surface area contributed by atoms with Crippen molar-refractivity contribution in [1.82, 2.24) is 9.97 Å². The summed E-state index contributed by atoms with van der Waals surface area (Å²) in [7, 11) is 0. The Morgan fingerprint density at radius 1 is 1.21 bits per heavy atom. The predicted molar refractivity (Wildman–Crippen MR) is 103 cm³/mol. The number of Topliss-reactive ketones (excluding diaryl/α,β-unsaturated/α-hetero) is 1. The van der Waals surface area contributed by atoms with Crippen LogP contribution in [0.5, 0.6) is 0 Å². The number of rotatable bonds is 4. The fraction of sp³-hybridized carbons (Fsp3) is 0.312. The molecule has 0 saturated heterocycles. The van der Waals surface area contributed by atoms with Gasteiger partial charge >= 0.3 is 0 Å². The van der Waals surface area contributed by atoms with E-state index in [9.17, 15) is 4.79 Å². The molecule has 0 fully saturated rings. The smallest absolute Gasteiger partial charge is 0.175 e. The number of fused-ring (bicyclic) bond motifs is 3. The number of carbonyl (C=O) groups excluding carboxylic acids is 1. The average molecular weight is 415 g/mol. The highest BCUT2D eigenvalue weighted by Crippen LogP contribution is 2.39. The summed E-state index contributed by atoms with van der Waals surface area (Å²) in [5.74, 6) is 0.271. The van der Waals surface area contributed by atoms with E-state index in [0.29, 0.717) is 20.0 Å². The molecule has 0 saturated carbocycles. The van der Waals surface area contributed by atoms with Gasteiger partial charge in [0.05, 0.1) is 10.1 Å². The lowest BCUT2D eigenvalue weighted by Gasteiger charge is -2.11. The maximum atomic E-state index is 12.4. The van der Waals surface area contributed by atoms with Crippen molar-refractivity contribution in [2.24, 2.45) is 0 Å². The van der Waals surface area contributed by atoms with Gasteiger partial charge in [0.25, 0.3) is 0 Å². The van der Waals surface area contributed by atoms with Gasteiger partial charge in [-0.05, 0) is 37.3 Å². The summed E-state index contributed by atoms with van der Waals surface area (Å²) in [5, 5.41) is 2.04. The van der Waals surface area contributed by atoms with Crippen molar-refractivity contribution >= 4 is 73.6 Å². The maximum absolute atomic E-state index is 12.4. The number of hydrogen-bond acceptors (Lipinski definition) is 6. The van der Waals surface area contributed by atoms with Gasteiger partial charge in [0.2, 0.25) is 0 Å². The number of thioether (sulfide) groups is 1. The van der Waals surface area contributed by atoms with Crippen LogP contribution in [0.15, 0.2) is 17.4 Å². The van der Waals surface area contributed by atoms with Gasteiger partial charge < -0.3 is 0 Å². The molecule has 0 atom stereocenters. The topological polar surface area (TPSA) is 42.9 Å². The molecule has 3 aromatic rings. The molecule has 0 aliphatic heterocycles. The molecule has 0 N–H and O–H groups in total. The Morgan fingerprint density at radius 2 is 2.04 bits per heavy atom. The van der Waals surface area contributed by atoms with E-state index >= 15 is 0 Å². The van der Waals surface area contributed by atoms with Crippen LogP contribution in [0.3, 0.4) is 0 Å². The van der Waals surface area contributed by atoms with Crippen molar-refractivity contribution in [2.75, 3.05) is 5.75 Å². The van der Waals surface area contributed by atoms with Gasteiger partial charge in [0.15, 0.2) is 5.78 Å². The van der Waals surface area contributed by atoms with Crippen LogP contribution in [0.2, 0.25) is 8.67 Å². The molecule has 4 rings (SSSR count). The minimum Gasteiger partial charge on any atom is -0.293 e. The van der Waals surface area contributed by atoms with Gasteiger partial charge in [-0.2, -0.15) is 0 Å². The number of carbonyl (C=O) groups is 1. The van der Waals surface area contributed by atoms with Crippen LogP contribution in [-0.2, 0) is 12.8 Å². The number of ketones is 1. The van der Waals surface area contributed by atoms with Crippen molar-refractivity contribution in [3.05, 3.63) is 37.1 Å². The lowest BCUT2D eigenvalue weighted by atomic mass is 9.97. The zero-order valence-electron chi connectivity index (χ0n) is 12.5. The molecule has 1 aliphatic carbocycles. The third-order valence-electron chi connectivity index (χ3n) is 4.01. The predicted octanol–water partition coefficient (Wildman–Crippen LogP) is 5.91. The van der Waals surface area contributed by atoms with Crippen LogP contribution < -0.4 is 0 Å². The maximum Gasteiger partial charge on any atom is 0.175 e. The highest BCUT2D eigenvalue weighted by atomic mass is 35.5. The van der Waals surface area contributed by atoms with Gasteiger partial charge in [-0.25, -0.2) is 9.97 Å². The van der Waals surface area contributed by atoms with Crippen molar-refractivity contribution < 1.29 is 4.79 Å². The molecule has 0 amide bonds. The van der Waals surface area contributed by atoms with E-state index in [1.165, 1.54) is 46.4 Å². The standard InChI is InChI=1S/C16H12Cl2N2OS3/c17-12-5-9(14(18)24-12)10(21)6-22-15-13-8-3-1-2-4-11(8)23-16(13)20-7-19-15/h5,7H,1-4,6H2. The van der Waals surface area contributed by atoms with Crippen molar-refractivity contribution in [3.63, 3.8) is 0 Å². The molecule has 3 aromatic heterocycles. The fourth-order valence-electron chi connectivity index (χ4n) is 2.91. The average Bonchev–Trinajstić information content (AvgIpc) is 3.12. The Labute approximate surface area is 161 Å². The van der Waals surface area contributed by atoms with E-state index in [0.717, 1.165) is 28.1 Å². The Hall–Kier alpha value is -0.660. The monoisotopic (exact) mass is 414 g/mol. The van der Waals surface area contributed by atoms with E-state index < -0.39 is 0 Å². The van der Waals surface area contributed by atoms with Gasteiger partial charge in [-0.3, -0.25) is 4.79 Å². The quantitative estimate of drug-likeness (QED) is 0.302. The number of halogens is 2. The molecule has 1 aliphatic rings. The second-order valence-electron chi connectivity index (χ2n) is 5.52. The molecule has 3 heterocycles. The van der Waals surface area contributed by atoms with E-state index in [1.807, 2.05) is 0 Å². The highest BCUT2D eigenvalue weighted by molar-refractivity contribution is 8.00. The normalized spacial score (nSPS) is 14.1. The lowest BCUT2D eigenvalue weighted by Crippen LogP contribution is -2.03. The Balaban J connectivity index is 1.62. The molecular formula is C16H12Cl2N2OS3. The Kier molecular flexibility index (Phi) is 4.84. The van der Waals surface area contributed by atoms with Crippen LogP contribution in [-0.4, -0.2) is 21.5 Å². The fourth-order valence-corrected chi connectivity index (χ4v) is 6.61. The molecule has 0 bridgehead atoms. The van der Waals surface area contributed by atoms with E-state index in [1.54, 1.807) is 23.7 Å².